The predicted molar refractivity (Wildman–Crippen MR) is 56.2 cm³/mol. The minimum Gasteiger partial charge on any atom is -0.370 e. The highest BCUT2D eigenvalue weighted by Crippen LogP contribution is 2.18. The second-order valence-electron chi connectivity index (χ2n) is 3.46. The molecule has 1 aromatic rings. The average molecular weight is 192 g/mol. The zero-order chi connectivity index (χ0) is 9.80. The van der Waals surface area contributed by atoms with Crippen LogP contribution in [0.4, 0.5) is 5.82 Å². The van der Waals surface area contributed by atoms with Crippen molar-refractivity contribution < 1.29 is 0 Å². The van der Waals surface area contributed by atoms with Gasteiger partial charge in [0.1, 0.15) is 12.1 Å². The third-order valence-corrected chi connectivity index (χ3v) is 2.45. The molecular formula is C10H16N4. The lowest BCUT2D eigenvalue weighted by atomic mass is 10.1. The lowest BCUT2D eigenvalue weighted by Gasteiger charge is -2.10. The van der Waals surface area contributed by atoms with E-state index in [4.69, 9.17) is 0 Å². The molecule has 0 radical (unpaired) electrons. The summed E-state index contributed by atoms with van der Waals surface area (Å²) in [6.07, 6.45) is 3.88. The number of rotatable bonds is 2. The van der Waals surface area contributed by atoms with E-state index in [1.54, 1.807) is 6.33 Å². The Kier molecular flexibility index (Phi) is 2.93. The molecule has 0 atom stereocenters. The first-order valence-electron chi connectivity index (χ1n) is 5.19. The van der Waals surface area contributed by atoms with Crippen molar-refractivity contribution >= 4 is 5.82 Å². The Hall–Kier alpha value is -1.16. The molecule has 2 N–H and O–H groups in total. The van der Waals surface area contributed by atoms with E-state index in [2.05, 4.69) is 27.5 Å². The van der Waals surface area contributed by atoms with Crippen LogP contribution >= 0.6 is 0 Å². The van der Waals surface area contributed by atoms with Gasteiger partial charge in [0.05, 0.1) is 5.69 Å². The summed E-state index contributed by atoms with van der Waals surface area (Å²) in [7, 11) is 0. The Labute approximate surface area is 84.2 Å². The summed E-state index contributed by atoms with van der Waals surface area (Å²) >= 11 is 0. The highest BCUT2D eigenvalue weighted by Gasteiger charge is 2.12. The first kappa shape index (κ1) is 9.40. The van der Waals surface area contributed by atoms with Gasteiger partial charge < -0.3 is 10.6 Å². The Morgan fingerprint density at radius 1 is 1.50 bits per heavy atom. The SMILES string of the molecule is CCNc1ncnc2c1CCCNC2. The molecule has 0 unspecified atom stereocenters. The van der Waals surface area contributed by atoms with E-state index < -0.39 is 0 Å². The van der Waals surface area contributed by atoms with Gasteiger partial charge >= 0.3 is 0 Å². The van der Waals surface area contributed by atoms with Crippen molar-refractivity contribution in [3.8, 4) is 0 Å². The first-order chi connectivity index (χ1) is 6.92. The topological polar surface area (TPSA) is 49.8 Å². The lowest BCUT2D eigenvalue weighted by Crippen LogP contribution is -2.13. The summed E-state index contributed by atoms with van der Waals surface area (Å²) in [5.41, 5.74) is 2.44. The van der Waals surface area contributed by atoms with Crippen LogP contribution in [-0.4, -0.2) is 23.1 Å². The maximum absolute atomic E-state index is 4.31. The van der Waals surface area contributed by atoms with Crippen molar-refractivity contribution in [2.24, 2.45) is 0 Å². The van der Waals surface area contributed by atoms with E-state index in [1.807, 2.05) is 0 Å². The van der Waals surface area contributed by atoms with Crippen LogP contribution in [0.3, 0.4) is 0 Å². The van der Waals surface area contributed by atoms with Gasteiger partial charge in [0.15, 0.2) is 0 Å². The molecule has 2 rings (SSSR count). The van der Waals surface area contributed by atoms with Crippen LogP contribution in [0, 0.1) is 0 Å². The summed E-state index contributed by atoms with van der Waals surface area (Å²) in [5.74, 6) is 1.02. The van der Waals surface area contributed by atoms with Crippen LogP contribution < -0.4 is 10.6 Å². The normalized spacial score (nSPS) is 15.8. The predicted octanol–water partition coefficient (Wildman–Crippen LogP) is 0.944. The summed E-state index contributed by atoms with van der Waals surface area (Å²) in [5, 5.41) is 6.64. The van der Waals surface area contributed by atoms with Gasteiger partial charge in [-0.15, -0.1) is 0 Å². The molecule has 0 aliphatic carbocycles. The van der Waals surface area contributed by atoms with Crippen LogP contribution in [0.5, 0.6) is 0 Å². The van der Waals surface area contributed by atoms with Gasteiger partial charge in [0, 0.05) is 18.7 Å². The van der Waals surface area contributed by atoms with Gasteiger partial charge in [-0.2, -0.15) is 0 Å². The number of aromatic nitrogens is 2. The third kappa shape index (κ3) is 1.85. The minimum atomic E-state index is 0.871. The third-order valence-electron chi connectivity index (χ3n) is 2.45. The van der Waals surface area contributed by atoms with Gasteiger partial charge in [-0.1, -0.05) is 0 Å². The molecule has 14 heavy (non-hydrogen) atoms. The maximum atomic E-state index is 4.31. The highest BCUT2D eigenvalue weighted by atomic mass is 15.0. The molecule has 76 valence electrons. The number of anilines is 1. The second kappa shape index (κ2) is 4.37. The molecule has 1 aliphatic rings. The van der Waals surface area contributed by atoms with E-state index in [9.17, 15) is 0 Å². The lowest BCUT2D eigenvalue weighted by molar-refractivity contribution is 0.674. The average Bonchev–Trinajstić information content (AvgIpc) is 2.44. The Bertz CT molecular complexity index is 311. The van der Waals surface area contributed by atoms with Gasteiger partial charge in [0.25, 0.3) is 0 Å². The summed E-state index contributed by atoms with van der Waals surface area (Å²) in [6.45, 7) is 4.94. The standard InChI is InChI=1S/C10H16N4/c1-2-12-10-8-4-3-5-11-6-9(8)13-7-14-10/h7,11H,2-6H2,1H3,(H,12,13,14). The highest BCUT2D eigenvalue weighted by molar-refractivity contribution is 5.46. The quantitative estimate of drug-likeness (QED) is 0.732. The molecule has 2 heterocycles. The van der Waals surface area contributed by atoms with E-state index in [0.29, 0.717) is 0 Å². The molecule has 4 heteroatoms. The molecule has 1 aliphatic heterocycles. The molecule has 1 aromatic heterocycles. The van der Waals surface area contributed by atoms with Crippen LogP contribution in [0.25, 0.3) is 0 Å². The molecule has 0 spiro atoms. The molecule has 0 amide bonds. The van der Waals surface area contributed by atoms with E-state index in [-0.39, 0.29) is 0 Å². The van der Waals surface area contributed by atoms with Gasteiger partial charge in [-0.05, 0) is 26.3 Å². The Balaban J connectivity index is 2.32. The van der Waals surface area contributed by atoms with Crippen LogP contribution in [0.1, 0.15) is 24.6 Å². The van der Waals surface area contributed by atoms with Crippen molar-refractivity contribution in [1.29, 1.82) is 0 Å². The van der Waals surface area contributed by atoms with Crippen LogP contribution in [0.2, 0.25) is 0 Å². The van der Waals surface area contributed by atoms with E-state index >= 15 is 0 Å². The summed E-state index contributed by atoms with van der Waals surface area (Å²) in [4.78, 5) is 8.58. The molecule has 0 fully saturated rings. The van der Waals surface area contributed by atoms with Gasteiger partial charge in [-0.25, -0.2) is 9.97 Å². The van der Waals surface area contributed by atoms with Gasteiger partial charge in [0.2, 0.25) is 0 Å². The van der Waals surface area contributed by atoms with Crippen LogP contribution in [0.15, 0.2) is 6.33 Å². The Morgan fingerprint density at radius 3 is 3.29 bits per heavy atom. The molecule has 0 saturated carbocycles. The van der Waals surface area contributed by atoms with Crippen LogP contribution in [-0.2, 0) is 13.0 Å². The smallest absolute Gasteiger partial charge is 0.132 e. The number of fused-ring (bicyclic) bond motifs is 1. The molecule has 0 saturated heterocycles. The zero-order valence-electron chi connectivity index (χ0n) is 8.51. The Morgan fingerprint density at radius 2 is 2.43 bits per heavy atom. The number of nitrogens with zero attached hydrogens (tertiary/aromatic N) is 2. The van der Waals surface area contributed by atoms with E-state index in [1.165, 1.54) is 12.0 Å². The summed E-state index contributed by atoms with van der Waals surface area (Å²) in [6, 6.07) is 0. The maximum Gasteiger partial charge on any atom is 0.132 e. The zero-order valence-corrected chi connectivity index (χ0v) is 8.51. The van der Waals surface area contributed by atoms with Crippen molar-refractivity contribution in [2.45, 2.75) is 26.3 Å². The fourth-order valence-corrected chi connectivity index (χ4v) is 1.78. The largest absolute Gasteiger partial charge is 0.370 e. The molecule has 4 nitrogen and oxygen atoms in total. The number of hydrogen-bond donors (Lipinski definition) is 2. The fourth-order valence-electron chi connectivity index (χ4n) is 1.78. The molecule has 0 aromatic carbocycles. The number of nitrogens with one attached hydrogen (secondary N) is 2. The van der Waals surface area contributed by atoms with Crippen molar-refractivity contribution in [1.82, 2.24) is 15.3 Å². The summed E-state index contributed by atoms with van der Waals surface area (Å²) < 4.78 is 0. The molecular weight excluding hydrogens is 176 g/mol. The molecule has 0 bridgehead atoms. The number of hydrogen-bond acceptors (Lipinski definition) is 4. The first-order valence-corrected chi connectivity index (χ1v) is 5.19. The van der Waals surface area contributed by atoms with E-state index in [0.717, 1.165) is 37.6 Å². The second-order valence-corrected chi connectivity index (χ2v) is 3.46. The van der Waals surface area contributed by atoms with Crippen molar-refractivity contribution in [2.75, 3.05) is 18.4 Å². The van der Waals surface area contributed by atoms with Gasteiger partial charge in [-0.3, -0.25) is 0 Å². The minimum absolute atomic E-state index is 0.871. The van der Waals surface area contributed by atoms with Crippen molar-refractivity contribution in [3.63, 3.8) is 0 Å². The van der Waals surface area contributed by atoms with Crippen molar-refractivity contribution in [3.05, 3.63) is 17.6 Å². The monoisotopic (exact) mass is 192 g/mol. The fraction of sp³-hybridized carbons (Fsp3) is 0.600.